The minimum Gasteiger partial charge on any atom is -0.274 e. The van der Waals surface area contributed by atoms with Crippen LogP contribution in [-0.4, -0.2) is 14.3 Å². The van der Waals surface area contributed by atoms with Gasteiger partial charge < -0.3 is 0 Å². The minimum atomic E-state index is -3.76. The van der Waals surface area contributed by atoms with E-state index in [0.29, 0.717) is 5.56 Å². The molecule has 0 fully saturated rings. The molecule has 0 aliphatic heterocycles. The van der Waals surface area contributed by atoms with Crippen molar-refractivity contribution in [3.8, 4) is 0 Å². The first-order valence-corrected chi connectivity index (χ1v) is 8.13. The van der Waals surface area contributed by atoms with Crippen molar-refractivity contribution in [1.29, 1.82) is 0 Å². The highest BCUT2D eigenvalue weighted by Crippen LogP contribution is 2.06. The van der Waals surface area contributed by atoms with Gasteiger partial charge in [-0.25, -0.2) is 8.42 Å². The van der Waals surface area contributed by atoms with Gasteiger partial charge in [-0.1, -0.05) is 48.0 Å². The first-order valence-electron chi connectivity index (χ1n) is 6.58. The summed E-state index contributed by atoms with van der Waals surface area (Å²) in [6.45, 7) is 1.95. The lowest BCUT2D eigenvalue weighted by Crippen LogP contribution is -2.40. The number of sulfonamides is 1. The summed E-state index contributed by atoms with van der Waals surface area (Å²) in [6.07, 6.45) is 1.45. The van der Waals surface area contributed by atoms with Gasteiger partial charge in [0.2, 0.25) is 0 Å². The van der Waals surface area contributed by atoms with Crippen molar-refractivity contribution in [3.05, 3.63) is 76.7 Å². The van der Waals surface area contributed by atoms with Gasteiger partial charge in [0.05, 0.1) is 0 Å². The van der Waals surface area contributed by atoms with Crippen LogP contribution in [0.3, 0.4) is 0 Å². The molecule has 22 heavy (non-hydrogen) atoms. The number of carbonyl (C=O) groups excluding carboxylic acids is 1. The average molecular weight is 316 g/mol. The highest BCUT2D eigenvalue weighted by molar-refractivity contribution is 7.92. The minimum absolute atomic E-state index is 0.368. The molecule has 0 heterocycles. The highest BCUT2D eigenvalue weighted by atomic mass is 32.2. The molecule has 0 aliphatic carbocycles. The molecule has 0 atom stereocenters. The molecule has 0 radical (unpaired) electrons. The fourth-order valence-corrected chi connectivity index (χ4v) is 2.30. The maximum absolute atomic E-state index is 11.8. The molecule has 2 aromatic rings. The van der Waals surface area contributed by atoms with Gasteiger partial charge >= 0.3 is 0 Å². The molecule has 2 N–H and O–H groups in total. The number of amides is 1. The van der Waals surface area contributed by atoms with E-state index in [-0.39, 0.29) is 0 Å². The van der Waals surface area contributed by atoms with Crippen molar-refractivity contribution in [1.82, 2.24) is 10.3 Å². The van der Waals surface area contributed by atoms with Crippen LogP contribution in [0.15, 0.2) is 60.0 Å². The Bertz CT molecular complexity index is 767. The van der Waals surface area contributed by atoms with Crippen molar-refractivity contribution in [2.24, 2.45) is 0 Å². The summed E-state index contributed by atoms with van der Waals surface area (Å²) in [5.41, 5.74) is 4.37. The molecule has 0 saturated heterocycles. The molecule has 2 rings (SSSR count). The summed E-state index contributed by atoms with van der Waals surface area (Å²) in [7, 11) is -3.76. The zero-order valence-corrected chi connectivity index (χ0v) is 12.8. The first kappa shape index (κ1) is 15.9. The molecule has 114 valence electrons. The molecule has 5 nitrogen and oxygen atoms in total. The molecular formula is C16H16N2O3S. The Morgan fingerprint density at radius 2 is 1.64 bits per heavy atom. The molecule has 0 aromatic heterocycles. The van der Waals surface area contributed by atoms with E-state index in [9.17, 15) is 13.2 Å². The SMILES string of the molecule is Cc1ccc(/C=C/S(=O)(=O)NNC(=O)c2ccccc2)cc1. The largest absolute Gasteiger partial charge is 0.274 e. The van der Waals surface area contributed by atoms with E-state index in [1.54, 1.807) is 30.3 Å². The van der Waals surface area contributed by atoms with Crippen molar-refractivity contribution < 1.29 is 13.2 Å². The van der Waals surface area contributed by atoms with Crippen LogP contribution in [0.5, 0.6) is 0 Å². The van der Waals surface area contributed by atoms with Crippen LogP contribution < -0.4 is 10.3 Å². The van der Waals surface area contributed by atoms with E-state index >= 15 is 0 Å². The Morgan fingerprint density at radius 3 is 2.27 bits per heavy atom. The molecule has 0 spiro atoms. The third-order valence-electron chi connectivity index (χ3n) is 2.86. The van der Waals surface area contributed by atoms with Gasteiger partial charge in [-0.05, 0) is 30.7 Å². The number of hydrogen-bond donors (Lipinski definition) is 2. The van der Waals surface area contributed by atoms with Crippen LogP contribution in [0.2, 0.25) is 0 Å². The Kier molecular flexibility index (Phi) is 5.08. The number of carbonyl (C=O) groups is 1. The highest BCUT2D eigenvalue weighted by Gasteiger charge is 2.09. The zero-order chi connectivity index (χ0) is 16.0. The summed E-state index contributed by atoms with van der Waals surface area (Å²) in [5.74, 6) is -0.520. The van der Waals surface area contributed by atoms with Crippen LogP contribution in [0, 0.1) is 6.92 Å². The lowest BCUT2D eigenvalue weighted by molar-refractivity contribution is 0.0945. The summed E-state index contributed by atoms with van der Waals surface area (Å²) >= 11 is 0. The maximum Gasteiger partial charge on any atom is 0.266 e. The van der Waals surface area contributed by atoms with Crippen molar-refractivity contribution in [2.45, 2.75) is 6.92 Å². The fourth-order valence-electron chi connectivity index (χ4n) is 1.66. The van der Waals surface area contributed by atoms with Crippen LogP contribution in [-0.2, 0) is 10.0 Å². The standard InChI is InChI=1S/C16H16N2O3S/c1-13-7-9-14(10-8-13)11-12-22(20,21)18-17-16(19)15-5-3-2-4-6-15/h2-12,18H,1H3,(H,17,19)/b12-11+. The molecule has 0 bridgehead atoms. The van der Waals surface area contributed by atoms with Gasteiger partial charge in [0.1, 0.15) is 0 Å². The van der Waals surface area contributed by atoms with E-state index < -0.39 is 15.9 Å². The predicted octanol–water partition coefficient (Wildman–Crippen LogP) is 2.23. The van der Waals surface area contributed by atoms with E-state index in [1.165, 1.54) is 6.08 Å². The number of nitrogens with one attached hydrogen (secondary N) is 2. The van der Waals surface area contributed by atoms with Crippen molar-refractivity contribution in [2.75, 3.05) is 0 Å². The lowest BCUT2D eigenvalue weighted by atomic mass is 10.2. The summed E-state index contributed by atoms with van der Waals surface area (Å²) in [5, 5.41) is 1.00. The Labute approximate surface area is 129 Å². The van der Waals surface area contributed by atoms with Crippen LogP contribution in [0.1, 0.15) is 21.5 Å². The quantitative estimate of drug-likeness (QED) is 0.831. The smallest absolute Gasteiger partial charge is 0.266 e. The third kappa shape index (κ3) is 4.83. The van der Waals surface area contributed by atoms with Gasteiger partial charge in [-0.2, -0.15) is 0 Å². The van der Waals surface area contributed by atoms with E-state index in [2.05, 4.69) is 5.43 Å². The normalized spacial score (nSPS) is 11.5. The molecule has 6 heteroatoms. The van der Waals surface area contributed by atoms with Crippen molar-refractivity contribution in [3.63, 3.8) is 0 Å². The monoisotopic (exact) mass is 316 g/mol. The second-order valence-corrected chi connectivity index (χ2v) is 6.25. The molecule has 1 amide bonds. The van der Waals surface area contributed by atoms with Crippen LogP contribution in [0.4, 0.5) is 0 Å². The van der Waals surface area contributed by atoms with Crippen LogP contribution >= 0.6 is 0 Å². The molecule has 0 unspecified atom stereocenters. The fraction of sp³-hybridized carbons (Fsp3) is 0.0625. The van der Waals surface area contributed by atoms with E-state index in [4.69, 9.17) is 0 Å². The summed E-state index contributed by atoms with van der Waals surface area (Å²) in [4.78, 5) is 13.8. The first-order chi connectivity index (χ1) is 10.5. The van der Waals surface area contributed by atoms with Crippen molar-refractivity contribution >= 4 is 22.0 Å². The second-order valence-electron chi connectivity index (χ2n) is 4.68. The van der Waals surface area contributed by atoms with Gasteiger partial charge in [-0.15, -0.1) is 4.83 Å². The maximum atomic E-state index is 11.8. The zero-order valence-electron chi connectivity index (χ0n) is 12.0. The summed E-state index contributed by atoms with van der Waals surface area (Å²) in [6, 6.07) is 15.7. The number of hydrazine groups is 1. The number of hydrogen-bond acceptors (Lipinski definition) is 3. The van der Waals surface area contributed by atoms with E-state index in [1.807, 2.05) is 36.0 Å². The molecule has 2 aromatic carbocycles. The summed E-state index contributed by atoms with van der Waals surface area (Å²) < 4.78 is 23.6. The average Bonchev–Trinajstić information content (AvgIpc) is 2.53. The molecule has 0 saturated carbocycles. The van der Waals surface area contributed by atoms with E-state index in [0.717, 1.165) is 16.5 Å². The second kappa shape index (κ2) is 7.02. The van der Waals surface area contributed by atoms with Gasteiger partial charge in [-0.3, -0.25) is 10.2 Å². The topological polar surface area (TPSA) is 75.3 Å². The molecule has 0 aliphatic rings. The predicted molar refractivity (Wildman–Crippen MR) is 86.2 cm³/mol. The number of aryl methyl sites for hydroxylation is 1. The molecular weight excluding hydrogens is 300 g/mol. The van der Waals surface area contributed by atoms with Gasteiger partial charge in [0.15, 0.2) is 0 Å². The van der Waals surface area contributed by atoms with Gasteiger partial charge in [0.25, 0.3) is 15.9 Å². The van der Waals surface area contributed by atoms with Crippen LogP contribution in [0.25, 0.3) is 6.08 Å². The number of rotatable bonds is 5. The third-order valence-corrected chi connectivity index (χ3v) is 3.74. The lowest BCUT2D eigenvalue weighted by Gasteiger charge is -2.05. The Balaban J connectivity index is 1.96. The number of benzene rings is 2. The Morgan fingerprint density at radius 1 is 1.00 bits per heavy atom. The van der Waals surface area contributed by atoms with Gasteiger partial charge in [0, 0.05) is 11.0 Å². The Hall–Kier alpha value is -2.44.